The molecule has 2 saturated heterocycles. The van der Waals surface area contributed by atoms with Crippen molar-refractivity contribution in [2.75, 3.05) is 34.5 Å². The molecule has 3 fully saturated rings. The molecule has 3 heterocycles. The molecule has 13 heteroatoms. The largest absolute Gasteiger partial charge is 0.456 e. The number of rotatable bonds is 10. The van der Waals surface area contributed by atoms with Gasteiger partial charge in [-0.05, 0) is 101 Å². The van der Waals surface area contributed by atoms with E-state index in [9.17, 15) is 29.4 Å². The molecule has 14 unspecified atom stereocenters. The van der Waals surface area contributed by atoms with E-state index in [0.717, 1.165) is 24.0 Å². The van der Waals surface area contributed by atoms with Crippen LogP contribution in [-0.4, -0.2) is 128 Å². The van der Waals surface area contributed by atoms with Gasteiger partial charge in [0.05, 0.1) is 37.1 Å². The number of amides is 1. The molecule has 14 atom stereocenters. The lowest BCUT2D eigenvalue weighted by atomic mass is 9.81. The average molecular weight is 908 g/mol. The normalized spacial score (nSPS) is 36.7. The van der Waals surface area contributed by atoms with E-state index in [1.165, 1.54) is 12.0 Å². The Morgan fingerprint density at radius 1 is 0.892 bits per heavy atom. The molecule has 4 aliphatic rings. The highest BCUT2D eigenvalue weighted by molar-refractivity contribution is 6.39. The molecule has 2 N–H and O–H groups in total. The van der Waals surface area contributed by atoms with E-state index >= 15 is 0 Å². The third-order valence-electron chi connectivity index (χ3n) is 14.4. The van der Waals surface area contributed by atoms with E-state index in [4.69, 9.17) is 28.4 Å². The Kier molecular flexibility index (Phi) is 19.7. The lowest BCUT2D eigenvalue weighted by Gasteiger charge is -2.47. The van der Waals surface area contributed by atoms with Crippen molar-refractivity contribution in [1.29, 1.82) is 0 Å². The van der Waals surface area contributed by atoms with E-state index in [1.807, 2.05) is 69.3 Å². The first-order chi connectivity index (χ1) is 31.0. The van der Waals surface area contributed by atoms with Gasteiger partial charge in [-0.15, -0.1) is 0 Å². The summed E-state index contributed by atoms with van der Waals surface area (Å²) in [5, 5.41) is 23.9. The molecule has 1 aliphatic carbocycles. The molecule has 65 heavy (non-hydrogen) atoms. The maximum Gasteiger partial charge on any atom is 0.329 e. The lowest BCUT2D eigenvalue weighted by molar-refractivity contribution is -0.302. The predicted octanol–water partition coefficient (Wildman–Crippen LogP) is 7.21. The van der Waals surface area contributed by atoms with E-state index in [-0.39, 0.29) is 55.6 Å². The van der Waals surface area contributed by atoms with Crippen molar-refractivity contribution in [3.8, 4) is 0 Å². The van der Waals surface area contributed by atoms with Gasteiger partial charge in [-0.2, -0.15) is 0 Å². The van der Waals surface area contributed by atoms with Gasteiger partial charge in [0.1, 0.15) is 24.0 Å². The molecular formula is C52H77NO12. The molecule has 2 bridgehead atoms. The minimum absolute atomic E-state index is 0.0334. The zero-order chi connectivity index (χ0) is 47.4. The van der Waals surface area contributed by atoms with Crippen LogP contribution in [0.15, 0.2) is 59.7 Å². The molecule has 0 spiro atoms. The number of ether oxygens (including phenoxy) is 6. The molecule has 1 saturated carbocycles. The number of nitrogens with zero attached hydrogens (tertiary/aromatic N) is 1. The molecule has 0 aromatic heterocycles. The van der Waals surface area contributed by atoms with Crippen LogP contribution in [0.1, 0.15) is 118 Å². The molecule has 5 rings (SSSR count). The van der Waals surface area contributed by atoms with Gasteiger partial charge in [-0.1, -0.05) is 87.9 Å². The Morgan fingerprint density at radius 2 is 1.58 bits per heavy atom. The summed E-state index contributed by atoms with van der Waals surface area (Å²) in [7, 11) is 4.76. The third-order valence-corrected chi connectivity index (χ3v) is 14.4. The van der Waals surface area contributed by atoms with Crippen LogP contribution in [0.25, 0.3) is 6.08 Å². The fourth-order valence-electron chi connectivity index (χ4n) is 10.5. The Morgan fingerprint density at radius 3 is 2.26 bits per heavy atom. The summed E-state index contributed by atoms with van der Waals surface area (Å²) in [6.07, 6.45) is 8.92. The van der Waals surface area contributed by atoms with Gasteiger partial charge in [0, 0.05) is 52.0 Å². The number of methoxy groups -OCH3 is 3. The number of benzene rings is 1. The predicted molar refractivity (Wildman–Crippen MR) is 247 cm³/mol. The quantitative estimate of drug-likeness (QED) is 0.138. The topological polar surface area (TPSA) is 167 Å². The molecule has 3 aliphatic heterocycles. The molecule has 1 aromatic rings. The number of carbonyl (C=O) groups excluding carboxylic acids is 4. The van der Waals surface area contributed by atoms with Crippen molar-refractivity contribution in [1.82, 2.24) is 4.90 Å². The first-order valence-electron chi connectivity index (χ1n) is 24.0. The molecule has 1 aromatic carbocycles. The number of Topliss-reactive ketones (excluding diaryl/α,β-unsaturated/α-hetero) is 2. The highest BCUT2D eigenvalue weighted by Gasteiger charge is 2.56. The summed E-state index contributed by atoms with van der Waals surface area (Å²) in [6.45, 7) is 11.8. The second kappa shape index (κ2) is 24.5. The van der Waals surface area contributed by atoms with Gasteiger partial charge in [-0.25, -0.2) is 4.79 Å². The standard InChI is InChI=1S/C52H77NO12/c1-10-39-26-32(2)25-33(3)27-45(61-8)48-46(62-9)29-35(5)52(59,65-48)49(56)50(57)53-23-15-14-20-40(53)51(58)64-47(36(6)41(54)31-42(39)55)34(4)28-38-21-22-43(44(30-38)60-7)63-24-16-19-37-17-12-11-13-18-37/h11-13,16-19,26,28,33,35-36,38-41,43-48,54,59H,10,14-15,20-25,27,29-31H2,1-9H3. The minimum atomic E-state index is -2.50. The maximum absolute atomic E-state index is 14.5. The smallest absolute Gasteiger partial charge is 0.329 e. The van der Waals surface area contributed by atoms with E-state index < -0.39 is 77.8 Å². The average Bonchev–Trinajstić information content (AvgIpc) is 3.30. The van der Waals surface area contributed by atoms with Crippen LogP contribution in [0.3, 0.4) is 0 Å². The number of aliphatic hydroxyl groups is 2. The number of hydrogen-bond acceptors (Lipinski definition) is 12. The van der Waals surface area contributed by atoms with Crippen molar-refractivity contribution in [3.63, 3.8) is 0 Å². The van der Waals surface area contributed by atoms with Gasteiger partial charge in [0.15, 0.2) is 0 Å². The Bertz CT molecular complexity index is 1830. The fourth-order valence-corrected chi connectivity index (χ4v) is 10.5. The summed E-state index contributed by atoms with van der Waals surface area (Å²) < 4.78 is 36.7. The summed E-state index contributed by atoms with van der Waals surface area (Å²) in [5.74, 6) is -7.43. The summed E-state index contributed by atoms with van der Waals surface area (Å²) >= 11 is 0. The van der Waals surface area contributed by atoms with Crippen LogP contribution in [-0.2, 0) is 47.6 Å². The summed E-state index contributed by atoms with van der Waals surface area (Å²) in [5.41, 5.74) is 2.80. The molecule has 13 nitrogen and oxygen atoms in total. The third kappa shape index (κ3) is 13.3. The van der Waals surface area contributed by atoms with Crippen molar-refractivity contribution in [2.24, 2.45) is 29.6 Å². The number of aliphatic hydroxyl groups excluding tert-OH is 1. The van der Waals surface area contributed by atoms with E-state index in [1.54, 1.807) is 28.1 Å². The zero-order valence-electron chi connectivity index (χ0n) is 40.3. The number of allylic oxidation sites excluding steroid dienone is 3. The highest BCUT2D eigenvalue weighted by Crippen LogP contribution is 2.39. The molecule has 0 radical (unpaired) electrons. The lowest BCUT2D eigenvalue weighted by Crippen LogP contribution is -2.64. The van der Waals surface area contributed by atoms with Gasteiger partial charge in [0.2, 0.25) is 5.79 Å². The number of fused-ring (bicyclic) bond motifs is 3. The van der Waals surface area contributed by atoms with Crippen LogP contribution >= 0.6 is 0 Å². The van der Waals surface area contributed by atoms with Crippen LogP contribution in [0.5, 0.6) is 0 Å². The van der Waals surface area contributed by atoms with Crippen molar-refractivity contribution in [2.45, 2.75) is 167 Å². The Labute approximate surface area is 387 Å². The van der Waals surface area contributed by atoms with Crippen molar-refractivity contribution in [3.05, 3.63) is 65.3 Å². The zero-order valence-corrected chi connectivity index (χ0v) is 40.3. The Balaban J connectivity index is 1.45. The van der Waals surface area contributed by atoms with Gasteiger partial charge < -0.3 is 43.5 Å². The SMILES string of the molecule is CCC1C=C(C)CC(C)CC(OC)C2OC(O)(C(=O)C(=O)N3CCCCC3C(=O)OC(C(C)=CC3CCC(OCC=Cc4ccccc4)C(OC)C3)C(C)C(O)CC1=O)C(C)CC2OC. The first-order valence-corrected chi connectivity index (χ1v) is 24.0. The van der Waals surface area contributed by atoms with Crippen LogP contribution in [0, 0.1) is 29.6 Å². The summed E-state index contributed by atoms with van der Waals surface area (Å²) in [4.78, 5) is 58.4. The van der Waals surface area contributed by atoms with E-state index in [0.29, 0.717) is 50.7 Å². The molecule has 362 valence electrons. The van der Waals surface area contributed by atoms with Gasteiger partial charge in [-0.3, -0.25) is 14.4 Å². The van der Waals surface area contributed by atoms with Crippen molar-refractivity contribution >= 4 is 29.5 Å². The number of esters is 1. The second-order valence-electron chi connectivity index (χ2n) is 19.3. The number of carbonyl (C=O) groups is 4. The van der Waals surface area contributed by atoms with Crippen LogP contribution in [0.4, 0.5) is 0 Å². The van der Waals surface area contributed by atoms with E-state index in [2.05, 4.69) is 13.0 Å². The van der Waals surface area contributed by atoms with Crippen LogP contribution < -0.4 is 0 Å². The monoisotopic (exact) mass is 908 g/mol. The minimum Gasteiger partial charge on any atom is -0.456 e. The second-order valence-corrected chi connectivity index (χ2v) is 19.3. The number of piperidine rings is 1. The maximum atomic E-state index is 14.5. The fraction of sp³-hybridized carbons (Fsp3) is 0.692. The van der Waals surface area contributed by atoms with Crippen molar-refractivity contribution < 1.29 is 57.8 Å². The number of hydrogen-bond donors (Lipinski definition) is 2. The molecular weight excluding hydrogens is 831 g/mol. The number of cyclic esters (lactones) is 1. The van der Waals surface area contributed by atoms with Gasteiger partial charge >= 0.3 is 5.97 Å². The Hall–Kier alpha value is -3.56. The number of ketones is 2. The first kappa shape index (κ1) is 52.4. The van der Waals surface area contributed by atoms with Crippen LogP contribution in [0.2, 0.25) is 0 Å². The van der Waals surface area contributed by atoms with Gasteiger partial charge in [0.25, 0.3) is 11.7 Å². The highest BCUT2D eigenvalue weighted by atomic mass is 16.7. The summed E-state index contributed by atoms with van der Waals surface area (Å²) in [6, 6.07) is 8.91. The molecule has 1 amide bonds.